The maximum atomic E-state index is 10.5. The van der Waals surface area contributed by atoms with E-state index in [2.05, 4.69) is 5.10 Å². The topological polar surface area (TPSA) is 81.1 Å². The minimum absolute atomic E-state index is 0.0555. The van der Waals surface area contributed by atoms with Crippen molar-refractivity contribution in [2.24, 2.45) is 12.8 Å². The lowest BCUT2D eigenvalue weighted by molar-refractivity contribution is -0.137. The van der Waals surface area contributed by atoms with E-state index >= 15 is 0 Å². The van der Waals surface area contributed by atoms with Crippen LogP contribution >= 0.6 is 11.6 Å². The van der Waals surface area contributed by atoms with Gasteiger partial charge in [0.15, 0.2) is 5.15 Å². The highest BCUT2D eigenvalue weighted by atomic mass is 35.5. The van der Waals surface area contributed by atoms with Crippen LogP contribution in [0.2, 0.25) is 5.15 Å². The predicted molar refractivity (Wildman–Crippen MR) is 69.5 cm³/mol. The van der Waals surface area contributed by atoms with Gasteiger partial charge >= 0.3 is 5.97 Å². The summed E-state index contributed by atoms with van der Waals surface area (Å²) < 4.78 is 1.70. The first-order valence-electron chi connectivity index (χ1n) is 5.58. The molecule has 1 atom stereocenters. The van der Waals surface area contributed by atoms with Gasteiger partial charge in [-0.3, -0.25) is 9.48 Å². The van der Waals surface area contributed by atoms with Crippen molar-refractivity contribution >= 4 is 28.5 Å². The van der Waals surface area contributed by atoms with E-state index in [1.54, 1.807) is 4.68 Å². The van der Waals surface area contributed by atoms with E-state index in [4.69, 9.17) is 22.4 Å². The van der Waals surface area contributed by atoms with Crippen molar-refractivity contribution in [1.82, 2.24) is 9.78 Å². The Balaban J connectivity index is 2.29. The molecule has 0 radical (unpaired) electrons. The van der Waals surface area contributed by atoms with Crippen LogP contribution in [0.25, 0.3) is 10.9 Å². The van der Waals surface area contributed by atoms with Crippen LogP contribution in [0.15, 0.2) is 18.2 Å². The molecule has 0 amide bonds. The zero-order chi connectivity index (χ0) is 13.3. The lowest BCUT2D eigenvalue weighted by Crippen LogP contribution is -2.12. The second-order valence-corrected chi connectivity index (χ2v) is 4.59. The molecule has 0 spiro atoms. The van der Waals surface area contributed by atoms with Crippen LogP contribution < -0.4 is 5.73 Å². The summed E-state index contributed by atoms with van der Waals surface area (Å²) in [5, 5.41) is 14.0. The number of aryl methyl sites for hydroxylation is 1. The summed E-state index contributed by atoms with van der Waals surface area (Å²) in [5.41, 5.74) is 7.76. The molecule has 2 aromatic rings. The molecule has 6 heteroatoms. The molecule has 1 heterocycles. The molecule has 1 aromatic carbocycles. The molecule has 3 N–H and O–H groups in total. The molecule has 0 aliphatic heterocycles. The number of benzene rings is 1. The van der Waals surface area contributed by atoms with Gasteiger partial charge in [0.25, 0.3) is 0 Å². The summed E-state index contributed by atoms with van der Waals surface area (Å²) in [7, 11) is 1.82. The minimum Gasteiger partial charge on any atom is -0.481 e. The van der Waals surface area contributed by atoms with Crippen LogP contribution in [0.4, 0.5) is 0 Å². The number of carbonyl (C=O) groups is 1. The predicted octanol–water partition coefficient (Wildman–Crippen LogP) is 2.09. The van der Waals surface area contributed by atoms with Gasteiger partial charge in [-0.15, -0.1) is 0 Å². The molecule has 18 heavy (non-hydrogen) atoms. The Morgan fingerprint density at radius 1 is 1.61 bits per heavy atom. The second-order valence-electron chi connectivity index (χ2n) is 4.23. The highest BCUT2D eigenvalue weighted by Crippen LogP contribution is 2.26. The van der Waals surface area contributed by atoms with Gasteiger partial charge in [-0.05, 0) is 24.1 Å². The van der Waals surface area contributed by atoms with Gasteiger partial charge in [0, 0.05) is 24.9 Å². The van der Waals surface area contributed by atoms with Gasteiger partial charge in [0.05, 0.1) is 5.52 Å². The number of carboxylic acid groups (broad SMARTS) is 1. The maximum Gasteiger partial charge on any atom is 0.303 e. The normalized spacial score (nSPS) is 12.8. The largest absolute Gasteiger partial charge is 0.481 e. The van der Waals surface area contributed by atoms with Crippen molar-refractivity contribution in [1.29, 1.82) is 0 Å². The first-order valence-corrected chi connectivity index (χ1v) is 5.96. The average Bonchev–Trinajstić information content (AvgIpc) is 2.61. The minimum atomic E-state index is -0.842. The van der Waals surface area contributed by atoms with Crippen LogP contribution in [-0.4, -0.2) is 20.9 Å². The Morgan fingerprint density at radius 2 is 2.33 bits per heavy atom. The third-order valence-corrected chi connectivity index (χ3v) is 3.21. The van der Waals surface area contributed by atoms with Crippen LogP contribution in [0, 0.1) is 0 Å². The Kier molecular flexibility index (Phi) is 3.54. The fourth-order valence-corrected chi connectivity index (χ4v) is 2.18. The fraction of sp³-hybridized carbons (Fsp3) is 0.333. The zero-order valence-corrected chi connectivity index (χ0v) is 10.7. The number of aromatic nitrogens is 2. The molecule has 0 bridgehead atoms. The number of carboxylic acids is 1. The maximum absolute atomic E-state index is 10.5. The standard InChI is InChI=1S/C12H14ClN3O2/c1-16-10-4-2-7(6-8(10)12(13)15-16)9(14)3-5-11(17)18/h2,4,6,9H,3,5,14H2,1H3,(H,17,18). The lowest BCUT2D eigenvalue weighted by Gasteiger charge is -2.10. The van der Waals surface area contributed by atoms with E-state index in [0.717, 1.165) is 16.5 Å². The third kappa shape index (κ3) is 2.47. The van der Waals surface area contributed by atoms with Crippen molar-refractivity contribution in [3.05, 3.63) is 28.9 Å². The summed E-state index contributed by atoms with van der Waals surface area (Å²) >= 11 is 6.02. The van der Waals surface area contributed by atoms with Crippen molar-refractivity contribution in [3.63, 3.8) is 0 Å². The summed E-state index contributed by atoms with van der Waals surface area (Å²) in [4.78, 5) is 10.5. The Labute approximate surface area is 109 Å². The number of nitrogens with zero attached hydrogens (tertiary/aromatic N) is 2. The highest BCUT2D eigenvalue weighted by Gasteiger charge is 2.12. The molecule has 0 fully saturated rings. The summed E-state index contributed by atoms with van der Waals surface area (Å²) in [6.45, 7) is 0. The molecule has 0 saturated heterocycles. The van der Waals surface area contributed by atoms with Gasteiger partial charge in [0.2, 0.25) is 0 Å². The number of rotatable bonds is 4. The number of hydrogen-bond donors (Lipinski definition) is 2. The first-order chi connectivity index (χ1) is 8.49. The first kappa shape index (κ1) is 12.9. The molecular weight excluding hydrogens is 254 g/mol. The van der Waals surface area contributed by atoms with Crippen LogP contribution in [-0.2, 0) is 11.8 Å². The molecule has 2 rings (SSSR count). The Bertz CT molecular complexity index is 594. The second kappa shape index (κ2) is 4.96. The molecule has 0 saturated carbocycles. The lowest BCUT2D eigenvalue weighted by atomic mass is 10.0. The van der Waals surface area contributed by atoms with Gasteiger partial charge in [-0.25, -0.2) is 0 Å². The Hall–Kier alpha value is -1.59. The summed E-state index contributed by atoms with van der Waals surface area (Å²) in [5.74, 6) is -0.842. The van der Waals surface area contributed by atoms with Gasteiger partial charge < -0.3 is 10.8 Å². The molecule has 0 aliphatic carbocycles. The summed E-state index contributed by atoms with van der Waals surface area (Å²) in [6, 6.07) is 5.34. The smallest absolute Gasteiger partial charge is 0.303 e. The van der Waals surface area contributed by atoms with Gasteiger partial charge in [-0.1, -0.05) is 17.7 Å². The van der Waals surface area contributed by atoms with E-state index in [1.165, 1.54) is 0 Å². The van der Waals surface area contributed by atoms with E-state index in [0.29, 0.717) is 11.6 Å². The average molecular weight is 268 g/mol. The quantitative estimate of drug-likeness (QED) is 0.889. The number of aliphatic carboxylic acids is 1. The molecular formula is C12H14ClN3O2. The Morgan fingerprint density at radius 3 is 3.00 bits per heavy atom. The van der Waals surface area contributed by atoms with Crippen molar-refractivity contribution < 1.29 is 9.90 Å². The number of fused-ring (bicyclic) bond motifs is 1. The van der Waals surface area contributed by atoms with E-state index in [-0.39, 0.29) is 12.5 Å². The summed E-state index contributed by atoms with van der Waals surface area (Å²) in [6.07, 6.45) is 0.457. The van der Waals surface area contributed by atoms with Gasteiger partial charge in [-0.2, -0.15) is 5.10 Å². The molecule has 5 nitrogen and oxygen atoms in total. The van der Waals surface area contributed by atoms with E-state index in [1.807, 2.05) is 25.2 Å². The zero-order valence-electron chi connectivity index (χ0n) is 9.93. The SMILES string of the molecule is Cn1nc(Cl)c2cc(C(N)CCC(=O)O)ccc21. The number of halogens is 1. The third-order valence-electron chi connectivity index (χ3n) is 2.93. The van der Waals surface area contributed by atoms with Crippen molar-refractivity contribution in [2.45, 2.75) is 18.9 Å². The monoisotopic (exact) mass is 267 g/mol. The molecule has 0 aliphatic rings. The van der Waals surface area contributed by atoms with Crippen LogP contribution in [0.3, 0.4) is 0 Å². The molecule has 1 aromatic heterocycles. The van der Waals surface area contributed by atoms with Gasteiger partial charge in [0.1, 0.15) is 0 Å². The molecule has 96 valence electrons. The van der Waals surface area contributed by atoms with Crippen LogP contribution in [0.5, 0.6) is 0 Å². The van der Waals surface area contributed by atoms with Crippen molar-refractivity contribution in [2.75, 3.05) is 0 Å². The number of nitrogens with two attached hydrogens (primary N) is 1. The number of hydrogen-bond acceptors (Lipinski definition) is 3. The highest BCUT2D eigenvalue weighted by molar-refractivity contribution is 6.34. The fourth-order valence-electron chi connectivity index (χ4n) is 1.92. The van der Waals surface area contributed by atoms with E-state index in [9.17, 15) is 4.79 Å². The van der Waals surface area contributed by atoms with E-state index < -0.39 is 5.97 Å². The molecule has 1 unspecified atom stereocenters. The van der Waals surface area contributed by atoms with Crippen LogP contribution in [0.1, 0.15) is 24.4 Å². The van der Waals surface area contributed by atoms with Crippen molar-refractivity contribution in [3.8, 4) is 0 Å².